The normalized spacial score (nSPS) is 11.2. The van der Waals surface area contributed by atoms with Crippen LogP contribution in [0.1, 0.15) is 45.7 Å². The molecule has 0 aliphatic rings. The molecule has 0 atom stereocenters. The first kappa shape index (κ1) is 64.4. The van der Waals surface area contributed by atoms with Gasteiger partial charge in [-0.3, -0.25) is 0 Å². The topological polar surface area (TPSA) is 77.3 Å². The molecule has 10 heteroatoms. The Bertz CT molecular complexity index is 5310. The Labute approximate surface area is 642 Å². The van der Waals surface area contributed by atoms with Gasteiger partial charge in [-0.05, 0) is 128 Å². The molecule has 0 aliphatic carbocycles. The van der Waals surface area contributed by atoms with Crippen molar-refractivity contribution < 1.29 is 77.0 Å². The number of aryl methyl sites for hydroxylation is 6. The van der Waals surface area contributed by atoms with Crippen LogP contribution in [0.5, 0.6) is 0 Å². The Morgan fingerprint density at radius 1 is 0.320 bits per heavy atom. The van der Waals surface area contributed by atoms with Gasteiger partial charge >= 0.3 is 0 Å². The van der Waals surface area contributed by atoms with Crippen molar-refractivity contribution in [3.05, 3.63) is 398 Å². The molecule has 15 rings (SSSR count). The van der Waals surface area contributed by atoms with E-state index in [9.17, 15) is 4.39 Å². The standard InChI is InChI=1S/C18H13FN.2C18H14N.3C12H10N.3Ir/c1-13-11-18(15-5-3-2-4-6-15)20-12-17(13)14-7-9-16(19)10-8-14;2*1-14-12-18(16-10-6-3-7-11-16)19-13-17(14)15-8-4-2-5-9-15;1-10-6-2-3-7-11(10)12-8-4-5-9-13-12;1-10-5-7-11(8-6-10)12-4-2-3-9-13-12;1-10-6-5-9-13-12(10)11-7-3-2-4-8-11;;;/h2-5,7-12H,1H3;2*2-10,12-13H,1H3;2-6,8-9H,1H3;2*2-7,9H,1H3;;;/q6*-1;;;/i2D,3D,4D,5D;2D,4D,5D,8D,9D;;;;;;;. The second-order valence-corrected chi connectivity index (χ2v) is 22.0. The Morgan fingerprint density at radius 3 is 1.31 bits per heavy atom. The van der Waals surface area contributed by atoms with Crippen molar-refractivity contribution in [3.63, 3.8) is 0 Å². The molecule has 6 aromatic heterocycles. The smallest absolute Gasteiger partial charge is 0.123 e. The summed E-state index contributed by atoms with van der Waals surface area (Å²) in [4.78, 5) is 26.1. The van der Waals surface area contributed by atoms with Crippen LogP contribution in [-0.2, 0) is 60.3 Å². The minimum absolute atomic E-state index is 0. The number of benzene rings is 9. The van der Waals surface area contributed by atoms with Crippen molar-refractivity contribution in [2.45, 2.75) is 41.5 Å². The van der Waals surface area contributed by atoms with Gasteiger partial charge in [0.1, 0.15) is 5.82 Å². The van der Waals surface area contributed by atoms with Gasteiger partial charge < -0.3 is 29.9 Å². The molecule has 15 aromatic rings. The van der Waals surface area contributed by atoms with Crippen LogP contribution in [0.15, 0.2) is 322 Å². The van der Waals surface area contributed by atoms with Gasteiger partial charge in [-0.15, -0.1) is 214 Å². The molecule has 501 valence electrons. The van der Waals surface area contributed by atoms with Gasteiger partial charge in [0.15, 0.2) is 0 Å². The van der Waals surface area contributed by atoms with Crippen LogP contribution in [0.3, 0.4) is 0 Å². The summed E-state index contributed by atoms with van der Waals surface area (Å²) < 4.78 is 83.5. The summed E-state index contributed by atoms with van der Waals surface area (Å²) in [5.74, 6) is -0.309. The molecule has 6 nitrogen and oxygen atoms in total. The number of pyridine rings is 6. The van der Waals surface area contributed by atoms with Gasteiger partial charge in [0.2, 0.25) is 0 Å². The maximum atomic E-state index is 13.0. The van der Waals surface area contributed by atoms with E-state index in [2.05, 4.69) is 130 Å². The Morgan fingerprint density at radius 2 is 0.800 bits per heavy atom. The van der Waals surface area contributed by atoms with Crippen molar-refractivity contribution in [2.75, 3.05) is 0 Å². The van der Waals surface area contributed by atoms with Crippen molar-refractivity contribution in [3.8, 4) is 101 Å². The number of hydrogen-bond acceptors (Lipinski definition) is 6. The third-order valence-electron chi connectivity index (χ3n) is 14.9. The van der Waals surface area contributed by atoms with Gasteiger partial charge in [0.05, 0.1) is 6.85 Å². The molecule has 0 saturated carbocycles. The van der Waals surface area contributed by atoms with Crippen LogP contribution >= 0.6 is 0 Å². The number of aromatic nitrogens is 6. The Kier molecular flexibility index (Phi) is 26.2. The molecule has 9 aromatic carbocycles. The maximum Gasteiger partial charge on any atom is 0.123 e. The van der Waals surface area contributed by atoms with E-state index < -0.39 is 6.04 Å². The molecule has 0 amide bonds. The van der Waals surface area contributed by atoms with Crippen LogP contribution in [0, 0.1) is 83.8 Å². The van der Waals surface area contributed by atoms with Crippen LogP contribution in [0.4, 0.5) is 4.39 Å². The van der Waals surface area contributed by atoms with Crippen LogP contribution < -0.4 is 0 Å². The second-order valence-electron chi connectivity index (χ2n) is 22.0. The average molecular weight is 1840 g/mol. The predicted octanol–water partition coefficient (Wildman–Crippen LogP) is 22.3. The molecule has 0 N–H and O–H groups in total. The molecule has 0 bridgehead atoms. The molecule has 0 spiro atoms. The molecular formula is C90H71FIr3N6-6. The zero-order valence-electron chi connectivity index (χ0n) is 64.5. The SMILES string of the molecule is Cc1c[c-]c(-c2ccccn2)cc1.Cc1cc(-c2[c-]cccc2)ncc1-c1ccccc1.Cc1ccc[c-]c1-c1ccccn1.Cc1cccnc1-c1[c-]cccc1.[2H]c1[c-]c(-c2cc(C)c(-c3ccc(F)cc3)cn2)c([2H])c([2H])c1[2H].[2H]c1c([2H])c([2H])c(-c2cnc(-c3[c-]cccc3)cc2C)c([2H])c1[2H].[Ir].[Ir].[Ir]. The van der Waals surface area contributed by atoms with Crippen molar-refractivity contribution in [1.82, 2.24) is 29.9 Å². The fourth-order valence-electron chi connectivity index (χ4n) is 9.88. The minimum atomic E-state index is -0.394. The molecule has 0 fully saturated rings. The first-order valence-electron chi connectivity index (χ1n) is 35.7. The zero-order valence-corrected chi connectivity index (χ0v) is 62.7. The fourth-order valence-corrected chi connectivity index (χ4v) is 9.88. The van der Waals surface area contributed by atoms with E-state index in [1.165, 1.54) is 45.5 Å². The first-order chi connectivity index (χ1) is 51.3. The molecule has 3 radical (unpaired) electrons. The second kappa shape index (κ2) is 40.6. The van der Waals surface area contributed by atoms with Gasteiger partial charge in [0.25, 0.3) is 0 Å². The maximum absolute atomic E-state index is 13.0. The van der Waals surface area contributed by atoms with E-state index in [1.54, 1.807) is 49.1 Å². The predicted molar refractivity (Wildman–Crippen MR) is 396 cm³/mol. The average Bonchev–Trinajstić information content (AvgIpc) is 0.783. The summed E-state index contributed by atoms with van der Waals surface area (Å²) >= 11 is 0. The summed E-state index contributed by atoms with van der Waals surface area (Å²) in [6.07, 6.45) is 10.5. The summed E-state index contributed by atoms with van der Waals surface area (Å²) in [5, 5.41) is 0. The van der Waals surface area contributed by atoms with E-state index >= 15 is 0 Å². The van der Waals surface area contributed by atoms with E-state index in [4.69, 9.17) is 12.3 Å². The van der Waals surface area contributed by atoms with Crippen LogP contribution in [0.2, 0.25) is 0 Å². The zero-order chi connectivity index (χ0) is 75.2. The molecule has 0 saturated heterocycles. The van der Waals surface area contributed by atoms with Gasteiger partial charge in [0, 0.05) is 117 Å². The summed E-state index contributed by atoms with van der Waals surface area (Å²) in [5.41, 5.74) is 21.6. The van der Waals surface area contributed by atoms with E-state index in [0.717, 1.165) is 78.5 Å². The van der Waals surface area contributed by atoms with Crippen LogP contribution in [0.25, 0.3) is 101 Å². The third kappa shape index (κ3) is 22.7. The minimum Gasteiger partial charge on any atom is -0.305 e. The first-order valence-corrected chi connectivity index (χ1v) is 31.2. The van der Waals surface area contributed by atoms with Gasteiger partial charge in [-0.2, -0.15) is 0 Å². The number of rotatable bonds is 9. The van der Waals surface area contributed by atoms with Gasteiger partial charge in [-0.25, -0.2) is 4.39 Å². The van der Waals surface area contributed by atoms with Gasteiger partial charge in [-0.1, -0.05) is 141 Å². The third-order valence-corrected chi connectivity index (χ3v) is 14.9. The Balaban J connectivity index is 0.000000184. The molecule has 100 heavy (non-hydrogen) atoms. The molecular weight excluding hydrogens is 1760 g/mol. The largest absolute Gasteiger partial charge is 0.305 e. The number of hydrogen-bond donors (Lipinski definition) is 0. The molecule has 0 unspecified atom stereocenters. The number of nitrogens with zero attached hydrogens (tertiary/aromatic N) is 6. The molecule has 0 aliphatic heterocycles. The quantitative estimate of drug-likeness (QED) is 0.134. The van der Waals surface area contributed by atoms with Crippen LogP contribution in [-0.4, -0.2) is 29.9 Å². The monoisotopic (exact) mass is 1840 g/mol. The van der Waals surface area contributed by atoms with Crippen molar-refractivity contribution >= 4 is 0 Å². The summed E-state index contributed by atoms with van der Waals surface area (Å²) in [6, 6.07) is 89.2. The van der Waals surface area contributed by atoms with E-state index in [-0.39, 0.29) is 126 Å². The van der Waals surface area contributed by atoms with Crippen molar-refractivity contribution in [1.29, 1.82) is 0 Å². The summed E-state index contributed by atoms with van der Waals surface area (Å²) in [6.45, 7) is 12.0. The van der Waals surface area contributed by atoms with E-state index in [1.807, 2.05) is 184 Å². The number of halogens is 1. The molecule has 6 heterocycles. The van der Waals surface area contributed by atoms with E-state index in [0.29, 0.717) is 11.3 Å². The fraction of sp³-hybridized carbons (Fsp3) is 0.0667. The van der Waals surface area contributed by atoms with Crippen molar-refractivity contribution in [2.24, 2.45) is 0 Å². The Hall–Kier alpha value is -10.2. The summed E-state index contributed by atoms with van der Waals surface area (Å²) in [7, 11) is 0.